The lowest BCUT2D eigenvalue weighted by atomic mass is 10.0. The fourth-order valence-corrected chi connectivity index (χ4v) is 4.00. The van der Waals surface area contributed by atoms with Gasteiger partial charge in [-0.25, -0.2) is 0 Å². The summed E-state index contributed by atoms with van der Waals surface area (Å²) in [6, 6.07) is 0. The summed E-state index contributed by atoms with van der Waals surface area (Å²) in [4.78, 5) is 0. The highest BCUT2D eigenvalue weighted by Crippen LogP contribution is 2.12. The third-order valence-electron chi connectivity index (χ3n) is 5.93. The van der Waals surface area contributed by atoms with E-state index in [4.69, 9.17) is 30.5 Å². The van der Waals surface area contributed by atoms with E-state index in [2.05, 4.69) is 6.92 Å². The molecule has 0 rings (SSSR count). The number of alkyl halides is 1. The molecule has 0 aromatic rings. The first-order valence-corrected chi connectivity index (χ1v) is 14.8. The SMILES string of the molecule is CCCCCCCCCCCCCCCCOCCOCCOCCOCCCCCCCl. The van der Waals surface area contributed by atoms with Crippen LogP contribution in [-0.2, 0) is 18.9 Å². The average Bonchev–Trinajstić information content (AvgIpc) is 2.83. The quantitative estimate of drug-likeness (QED) is 0.0745. The Balaban J connectivity index is 2.99. The molecule has 0 fully saturated rings. The Bertz CT molecular complexity index is 301. The van der Waals surface area contributed by atoms with Gasteiger partial charge in [-0.3, -0.25) is 0 Å². The van der Waals surface area contributed by atoms with Gasteiger partial charge in [-0.05, 0) is 19.3 Å². The number of unbranched alkanes of at least 4 members (excludes halogenated alkanes) is 16. The Morgan fingerprint density at radius 3 is 0.939 bits per heavy atom. The highest BCUT2D eigenvalue weighted by molar-refractivity contribution is 6.17. The molecule has 0 radical (unpaired) electrons. The van der Waals surface area contributed by atoms with Crippen molar-refractivity contribution in [2.75, 3.05) is 58.7 Å². The van der Waals surface area contributed by atoms with E-state index in [1.807, 2.05) is 0 Å². The highest BCUT2D eigenvalue weighted by Gasteiger charge is 1.96. The van der Waals surface area contributed by atoms with Gasteiger partial charge in [-0.1, -0.05) is 103 Å². The number of hydrogen-bond donors (Lipinski definition) is 0. The third kappa shape index (κ3) is 32.1. The largest absolute Gasteiger partial charge is 0.379 e. The molecule has 0 bridgehead atoms. The summed E-state index contributed by atoms with van der Waals surface area (Å²) in [5.74, 6) is 0.766. The van der Waals surface area contributed by atoms with Crippen LogP contribution in [0.2, 0.25) is 0 Å². The lowest BCUT2D eigenvalue weighted by molar-refractivity contribution is -0.00248. The maximum Gasteiger partial charge on any atom is 0.0701 e. The van der Waals surface area contributed by atoms with Crippen molar-refractivity contribution < 1.29 is 18.9 Å². The molecule has 0 aliphatic rings. The van der Waals surface area contributed by atoms with Gasteiger partial charge in [0.05, 0.1) is 39.6 Å². The molecule has 33 heavy (non-hydrogen) atoms. The number of halogens is 1. The normalized spacial score (nSPS) is 11.5. The van der Waals surface area contributed by atoms with Crippen molar-refractivity contribution in [1.82, 2.24) is 0 Å². The Kier molecular flexibility index (Phi) is 32.3. The minimum absolute atomic E-state index is 0.623. The van der Waals surface area contributed by atoms with Crippen LogP contribution in [0, 0.1) is 0 Å². The molecule has 0 heterocycles. The highest BCUT2D eigenvalue weighted by atomic mass is 35.5. The summed E-state index contributed by atoms with van der Waals surface area (Å²) < 4.78 is 22.2. The molecule has 0 spiro atoms. The Morgan fingerprint density at radius 2 is 0.606 bits per heavy atom. The van der Waals surface area contributed by atoms with E-state index in [1.54, 1.807) is 0 Å². The molecule has 0 saturated heterocycles. The van der Waals surface area contributed by atoms with Crippen molar-refractivity contribution in [2.24, 2.45) is 0 Å². The fourth-order valence-electron chi connectivity index (χ4n) is 3.81. The lowest BCUT2D eigenvalue weighted by Crippen LogP contribution is -2.12. The topological polar surface area (TPSA) is 36.9 Å². The van der Waals surface area contributed by atoms with Gasteiger partial charge in [0.25, 0.3) is 0 Å². The van der Waals surface area contributed by atoms with Crippen molar-refractivity contribution in [3.05, 3.63) is 0 Å². The molecule has 0 amide bonds. The summed E-state index contributed by atoms with van der Waals surface area (Å²) in [6.07, 6.45) is 24.1. The van der Waals surface area contributed by atoms with Crippen LogP contribution in [0.1, 0.15) is 122 Å². The second-order valence-electron chi connectivity index (χ2n) is 9.15. The van der Waals surface area contributed by atoms with Gasteiger partial charge in [-0.2, -0.15) is 0 Å². The summed E-state index contributed by atoms with van der Waals surface area (Å²) in [7, 11) is 0. The van der Waals surface area contributed by atoms with E-state index in [0.717, 1.165) is 31.9 Å². The maximum atomic E-state index is 5.65. The van der Waals surface area contributed by atoms with Crippen LogP contribution >= 0.6 is 11.6 Å². The molecule has 0 atom stereocenters. The van der Waals surface area contributed by atoms with Crippen LogP contribution in [0.15, 0.2) is 0 Å². The van der Waals surface area contributed by atoms with E-state index in [1.165, 1.54) is 103 Å². The van der Waals surface area contributed by atoms with E-state index < -0.39 is 0 Å². The van der Waals surface area contributed by atoms with Crippen LogP contribution in [0.4, 0.5) is 0 Å². The first-order valence-electron chi connectivity index (χ1n) is 14.3. The predicted molar refractivity (Wildman–Crippen MR) is 143 cm³/mol. The second-order valence-corrected chi connectivity index (χ2v) is 9.53. The lowest BCUT2D eigenvalue weighted by Gasteiger charge is -2.07. The van der Waals surface area contributed by atoms with Gasteiger partial charge < -0.3 is 18.9 Å². The second kappa shape index (κ2) is 32.1. The van der Waals surface area contributed by atoms with Crippen LogP contribution in [0.5, 0.6) is 0 Å². The average molecular weight is 493 g/mol. The van der Waals surface area contributed by atoms with Gasteiger partial charge >= 0.3 is 0 Å². The number of rotatable bonds is 30. The summed E-state index contributed by atoms with van der Waals surface area (Å²) in [5.41, 5.74) is 0. The third-order valence-corrected chi connectivity index (χ3v) is 6.20. The fraction of sp³-hybridized carbons (Fsp3) is 1.00. The van der Waals surface area contributed by atoms with Crippen LogP contribution in [-0.4, -0.2) is 58.7 Å². The van der Waals surface area contributed by atoms with E-state index in [9.17, 15) is 0 Å². The summed E-state index contributed by atoms with van der Waals surface area (Å²) in [5, 5.41) is 0. The van der Waals surface area contributed by atoms with Crippen molar-refractivity contribution >= 4 is 11.6 Å². The molecule has 0 aliphatic heterocycles. The summed E-state index contributed by atoms with van der Waals surface area (Å²) in [6.45, 7) is 7.86. The van der Waals surface area contributed by atoms with E-state index >= 15 is 0 Å². The van der Waals surface area contributed by atoms with Crippen LogP contribution in [0.3, 0.4) is 0 Å². The number of hydrogen-bond acceptors (Lipinski definition) is 4. The first kappa shape index (κ1) is 33.1. The van der Waals surface area contributed by atoms with Crippen LogP contribution < -0.4 is 0 Å². The van der Waals surface area contributed by atoms with Crippen LogP contribution in [0.25, 0.3) is 0 Å². The van der Waals surface area contributed by atoms with E-state index in [-0.39, 0.29) is 0 Å². The standard InChI is InChI=1S/C28H57ClO4/c1-2-3-4-5-6-7-8-9-10-11-12-13-15-18-21-30-23-25-32-27-28-33-26-24-31-22-19-16-14-17-20-29/h2-28H2,1H3. The molecular weight excluding hydrogens is 436 g/mol. The first-order chi connectivity index (χ1) is 16.4. The maximum absolute atomic E-state index is 5.65. The zero-order valence-corrected chi connectivity index (χ0v) is 22.9. The zero-order valence-electron chi connectivity index (χ0n) is 22.1. The molecule has 0 aromatic heterocycles. The van der Waals surface area contributed by atoms with Gasteiger partial charge in [0.15, 0.2) is 0 Å². The molecule has 200 valence electrons. The summed E-state index contributed by atoms with van der Waals surface area (Å²) >= 11 is 5.65. The molecule has 5 heteroatoms. The van der Waals surface area contributed by atoms with Gasteiger partial charge in [0, 0.05) is 19.1 Å². The van der Waals surface area contributed by atoms with E-state index in [0.29, 0.717) is 39.6 Å². The van der Waals surface area contributed by atoms with Crippen molar-refractivity contribution in [1.29, 1.82) is 0 Å². The van der Waals surface area contributed by atoms with Crippen molar-refractivity contribution in [3.8, 4) is 0 Å². The van der Waals surface area contributed by atoms with Crippen molar-refractivity contribution in [2.45, 2.75) is 122 Å². The zero-order chi connectivity index (χ0) is 23.9. The Labute approximate surface area is 211 Å². The molecule has 0 saturated carbocycles. The molecule has 4 nitrogen and oxygen atoms in total. The molecular formula is C28H57ClO4. The predicted octanol–water partition coefficient (Wildman–Crippen LogP) is 8.33. The smallest absolute Gasteiger partial charge is 0.0701 e. The molecule has 0 aliphatic carbocycles. The monoisotopic (exact) mass is 492 g/mol. The van der Waals surface area contributed by atoms with Gasteiger partial charge in [0.1, 0.15) is 0 Å². The minimum atomic E-state index is 0.623. The molecule has 0 N–H and O–H groups in total. The molecule has 0 aromatic carbocycles. The molecule has 0 unspecified atom stereocenters. The minimum Gasteiger partial charge on any atom is -0.379 e. The van der Waals surface area contributed by atoms with Gasteiger partial charge in [0.2, 0.25) is 0 Å². The Morgan fingerprint density at radius 1 is 0.333 bits per heavy atom. The number of ether oxygens (including phenoxy) is 4. The van der Waals surface area contributed by atoms with Gasteiger partial charge in [-0.15, -0.1) is 11.6 Å². The van der Waals surface area contributed by atoms with Crippen molar-refractivity contribution in [3.63, 3.8) is 0 Å². The Hall–Kier alpha value is 0.130.